The average molecular weight is 491 g/mol. The van der Waals surface area contributed by atoms with Gasteiger partial charge in [-0.3, -0.25) is 9.89 Å². The summed E-state index contributed by atoms with van der Waals surface area (Å²) in [7, 11) is 0. The SMILES string of the molecule is CCOc1ccc(-c2cc(N3CCN(C(=O)c4cc(-c5ccc(F)cc5F)n[nH]4)CC3)ncn2)cc1. The van der Waals surface area contributed by atoms with Gasteiger partial charge in [0.25, 0.3) is 5.91 Å². The van der Waals surface area contributed by atoms with Crippen LogP contribution in [0.1, 0.15) is 17.4 Å². The van der Waals surface area contributed by atoms with Gasteiger partial charge in [0.05, 0.1) is 18.0 Å². The van der Waals surface area contributed by atoms with E-state index >= 15 is 0 Å². The summed E-state index contributed by atoms with van der Waals surface area (Å²) >= 11 is 0. The van der Waals surface area contributed by atoms with E-state index in [0.29, 0.717) is 32.8 Å². The zero-order valence-electron chi connectivity index (χ0n) is 19.6. The second-order valence-electron chi connectivity index (χ2n) is 8.29. The Morgan fingerprint density at radius 1 is 0.972 bits per heavy atom. The van der Waals surface area contributed by atoms with Crippen LogP contribution in [0, 0.1) is 11.6 Å². The molecular weight excluding hydrogens is 466 g/mol. The number of aromatic amines is 1. The molecule has 184 valence electrons. The second-order valence-corrected chi connectivity index (χ2v) is 8.29. The first-order valence-corrected chi connectivity index (χ1v) is 11.6. The molecular formula is C26H24F2N6O2. The maximum absolute atomic E-state index is 14.1. The van der Waals surface area contributed by atoms with Crippen molar-refractivity contribution < 1.29 is 18.3 Å². The topological polar surface area (TPSA) is 87.2 Å². The Labute approximate surface area is 206 Å². The number of hydrogen-bond donors (Lipinski definition) is 1. The van der Waals surface area contributed by atoms with Crippen molar-refractivity contribution in [1.29, 1.82) is 0 Å². The van der Waals surface area contributed by atoms with Crippen LogP contribution in [0.5, 0.6) is 5.75 Å². The van der Waals surface area contributed by atoms with Crippen molar-refractivity contribution in [3.63, 3.8) is 0 Å². The highest BCUT2D eigenvalue weighted by atomic mass is 19.1. The fourth-order valence-electron chi connectivity index (χ4n) is 4.14. The Morgan fingerprint density at radius 3 is 2.47 bits per heavy atom. The zero-order chi connectivity index (χ0) is 25.1. The number of piperazine rings is 1. The quantitative estimate of drug-likeness (QED) is 0.437. The smallest absolute Gasteiger partial charge is 0.272 e. The van der Waals surface area contributed by atoms with Crippen LogP contribution < -0.4 is 9.64 Å². The van der Waals surface area contributed by atoms with Crippen LogP contribution in [-0.2, 0) is 0 Å². The Morgan fingerprint density at radius 2 is 1.75 bits per heavy atom. The molecule has 4 aromatic rings. The lowest BCUT2D eigenvalue weighted by Gasteiger charge is -2.35. The van der Waals surface area contributed by atoms with Crippen LogP contribution in [0.15, 0.2) is 60.9 Å². The van der Waals surface area contributed by atoms with Crippen LogP contribution in [-0.4, -0.2) is 63.8 Å². The number of carbonyl (C=O) groups is 1. The zero-order valence-corrected chi connectivity index (χ0v) is 19.6. The number of aromatic nitrogens is 4. The first-order chi connectivity index (χ1) is 17.5. The summed E-state index contributed by atoms with van der Waals surface area (Å²) in [4.78, 5) is 25.6. The van der Waals surface area contributed by atoms with Crippen molar-refractivity contribution in [2.45, 2.75) is 6.92 Å². The first kappa shape index (κ1) is 23.4. The Balaban J connectivity index is 1.23. The van der Waals surface area contributed by atoms with E-state index in [1.807, 2.05) is 37.3 Å². The van der Waals surface area contributed by atoms with Gasteiger partial charge in [0.15, 0.2) is 0 Å². The van der Waals surface area contributed by atoms with E-state index in [9.17, 15) is 13.6 Å². The van der Waals surface area contributed by atoms with Crippen molar-refractivity contribution >= 4 is 11.7 Å². The third-order valence-electron chi connectivity index (χ3n) is 6.02. The summed E-state index contributed by atoms with van der Waals surface area (Å²) in [5.41, 5.74) is 2.39. The van der Waals surface area contributed by atoms with Gasteiger partial charge >= 0.3 is 0 Å². The Hall–Kier alpha value is -4.34. The summed E-state index contributed by atoms with van der Waals surface area (Å²) < 4.78 is 32.8. The number of benzene rings is 2. The lowest BCUT2D eigenvalue weighted by atomic mass is 10.1. The molecule has 0 saturated carbocycles. The molecule has 1 N–H and O–H groups in total. The van der Waals surface area contributed by atoms with E-state index in [1.165, 1.54) is 12.1 Å². The van der Waals surface area contributed by atoms with E-state index in [-0.39, 0.29) is 22.9 Å². The van der Waals surface area contributed by atoms with Crippen molar-refractivity contribution in [1.82, 2.24) is 25.1 Å². The molecule has 1 saturated heterocycles. The van der Waals surface area contributed by atoms with Crippen molar-refractivity contribution in [3.8, 4) is 28.3 Å². The molecule has 36 heavy (non-hydrogen) atoms. The highest BCUT2D eigenvalue weighted by Gasteiger charge is 2.25. The number of carbonyl (C=O) groups excluding carboxylic acids is 1. The molecule has 1 aliphatic rings. The normalized spacial score (nSPS) is 13.6. The molecule has 1 amide bonds. The number of ether oxygens (including phenoxy) is 1. The Kier molecular flexibility index (Phi) is 6.57. The number of nitrogens with zero attached hydrogens (tertiary/aromatic N) is 5. The number of halogens is 2. The van der Waals surface area contributed by atoms with E-state index < -0.39 is 11.6 Å². The molecule has 0 aliphatic carbocycles. The maximum Gasteiger partial charge on any atom is 0.272 e. The molecule has 10 heteroatoms. The molecule has 1 aliphatic heterocycles. The van der Waals surface area contributed by atoms with E-state index in [1.54, 1.807) is 11.2 Å². The van der Waals surface area contributed by atoms with Gasteiger partial charge in [0, 0.05) is 49.4 Å². The predicted octanol–water partition coefficient (Wildman–Crippen LogP) is 4.17. The van der Waals surface area contributed by atoms with Gasteiger partial charge in [-0.15, -0.1) is 0 Å². The summed E-state index contributed by atoms with van der Waals surface area (Å²) in [5.74, 6) is -0.0337. The number of hydrogen-bond acceptors (Lipinski definition) is 6. The van der Waals surface area contributed by atoms with Gasteiger partial charge in [-0.1, -0.05) is 0 Å². The number of anilines is 1. The predicted molar refractivity (Wildman–Crippen MR) is 131 cm³/mol. The van der Waals surface area contributed by atoms with E-state index in [0.717, 1.165) is 35.0 Å². The Bertz CT molecular complexity index is 1370. The third-order valence-corrected chi connectivity index (χ3v) is 6.02. The fourth-order valence-corrected chi connectivity index (χ4v) is 4.14. The number of nitrogens with one attached hydrogen (secondary N) is 1. The van der Waals surface area contributed by atoms with Crippen LogP contribution in [0.25, 0.3) is 22.5 Å². The van der Waals surface area contributed by atoms with Crippen molar-refractivity contribution in [3.05, 3.63) is 78.3 Å². The molecule has 0 radical (unpaired) electrons. The highest BCUT2D eigenvalue weighted by molar-refractivity contribution is 5.93. The average Bonchev–Trinajstić information content (AvgIpc) is 3.39. The van der Waals surface area contributed by atoms with Crippen LogP contribution in [0.2, 0.25) is 0 Å². The molecule has 8 nitrogen and oxygen atoms in total. The lowest BCUT2D eigenvalue weighted by molar-refractivity contribution is 0.0740. The monoisotopic (exact) mass is 490 g/mol. The summed E-state index contributed by atoms with van der Waals surface area (Å²) in [6, 6.07) is 14.4. The van der Waals surface area contributed by atoms with Gasteiger partial charge in [-0.05, 0) is 49.4 Å². The molecule has 1 fully saturated rings. The van der Waals surface area contributed by atoms with E-state index in [4.69, 9.17) is 4.74 Å². The standard InChI is InChI=1S/C26H24F2N6O2/c1-2-36-19-6-3-17(4-7-19)22-15-25(30-16-29-22)33-9-11-34(12-10-33)26(35)24-14-23(31-32-24)20-8-5-18(27)13-21(20)28/h3-8,13-16H,2,9-12H2,1H3,(H,31,32). The number of H-pyrrole nitrogens is 1. The second kappa shape index (κ2) is 10.1. The summed E-state index contributed by atoms with van der Waals surface area (Å²) in [6.45, 7) is 4.72. The lowest BCUT2D eigenvalue weighted by Crippen LogP contribution is -2.49. The molecule has 0 bridgehead atoms. The minimum absolute atomic E-state index is 0.128. The fraction of sp³-hybridized carbons (Fsp3) is 0.231. The molecule has 0 unspecified atom stereocenters. The molecule has 0 spiro atoms. The molecule has 2 aromatic heterocycles. The highest BCUT2D eigenvalue weighted by Crippen LogP contribution is 2.25. The largest absolute Gasteiger partial charge is 0.494 e. The van der Waals surface area contributed by atoms with Crippen LogP contribution in [0.4, 0.5) is 14.6 Å². The minimum Gasteiger partial charge on any atom is -0.494 e. The number of rotatable bonds is 6. The number of amides is 1. The van der Waals surface area contributed by atoms with Gasteiger partial charge in [0.1, 0.15) is 35.2 Å². The van der Waals surface area contributed by atoms with Crippen molar-refractivity contribution in [2.24, 2.45) is 0 Å². The van der Waals surface area contributed by atoms with Crippen molar-refractivity contribution in [2.75, 3.05) is 37.7 Å². The van der Waals surface area contributed by atoms with Crippen LogP contribution in [0.3, 0.4) is 0 Å². The van der Waals surface area contributed by atoms with Crippen LogP contribution >= 0.6 is 0 Å². The molecule has 3 heterocycles. The minimum atomic E-state index is -0.733. The van der Waals surface area contributed by atoms with Gasteiger partial charge in [-0.25, -0.2) is 18.7 Å². The summed E-state index contributed by atoms with van der Waals surface area (Å²) in [5, 5.41) is 6.72. The van der Waals surface area contributed by atoms with Gasteiger partial charge < -0.3 is 14.5 Å². The first-order valence-electron chi connectivity index (χ1n) is 11.6. The van der Waals surface area contributed by atoms with E-state index in [2.05, 4.69) is 25.1 Å². The van der Waals surface area contributed by atoms with Gasteiger partial charge in [0.2, 0.25) is 0 Å². The van der Waals surface area contributed by atoms with Gasteiger partial charge in [-0.2, -0.15) is 5.10 Å². The summed E-state index contributed by atoms with van der Waals surface area (Å²) in [6.07, 6.45) is 1.54. The molecule has 0 atom stereocenters. The molecule has 5 rings (SSSR count). The molecule has 2 aromatic carbocycles. The maximum atomic E-state index is 14.1. The third kappa shape index (κ3) is 4.88.